The van der Waals surface area contributed by atoms with Gasteiger partial charge in [-0.25, -0.2) is 4.79 Å². The molecule has 104 valence electrons. The van der Waals surface area contributed by atoms with Crippen LogP contribution in [0.25, 0.3) is 5.69 Å². The van der Waals surface area contributed by atoms with E-state index in [2.05, 4.69) is 15.9 Å². The SMILES string of the molecule is Cc1cc(Br)cc(-n2c(C)c(C(=O)O)c(C)cc2=O)c1. The summed E-state index contributed by atoms with van der Waals surface area (Å²) in [7, 11) is 0. The molecule has 0 amide bonds. The summed E-state index contributed by atoms with van der Waals surface area (Å²) >= 11 is 3.39. The van der Waals surface area contributed by atoms with E-state index in [1.165, 1.54) is 10.6 Å². The van der Waals surface area contributed by atoms with Gasteiger partial charge in [-0.15, -0.1) is 0 Å². The first kappa shape index (κ1) is 14.5. The average molecular weight is 336 g/mol. The van der Waals surface area contributed by atoms with Gasteiger partial charge in [-0.05, 0) is 50.1 Å². The quantitative estimate of drug-likeness (QED) is 0.916. The molecule has 0 bridgehead atoms. The van der Waals surface area contributed by atoms with Crippen molar-refractivity contribution in [3.63, 3.8) is 0 Å². The average Bonchev–Trinajstić information content (AvgIpc) is 2.25. The van der Waals surface area contributed by atoms with E-state index in [9.17, 15) is 14.7 Å². The Hall–Kier alpha value is -1.88. The maximum absolute atomic E-state index is 12.2. The lowest BCUT2D eigenvalue weighted by atomic mass is 10.1. The summed E-state index contributed by atoms with van der Waals surface area (Å²) in [4.78, 5) is 23.6. The molecule has 20 heavy (non-hydrogen) atoms. The zero-order valence-corrected chi connectivity index (χ0v) is 13.0. The van der Waals surface area contributed by atoms with Crippen LogP contribution in [0.2, 0.25) is 0 Å². The zero-order chi connectivity index (χ0) is 15.0. The van der Waals surface area contributed by atoms with Crippen LogP contribution in [0.5, 0.6) is 0 Å². The molecule has 4 nitrogen and oxygen atoms in total. The van der Waals surface area contributed by atoms with Crippen LogP contribution < -0.4 is 5.56 Å². The third kappa shape index (κ3) is 2.54. The summed E-state index contributed by atoms with van der Waals surface area (Å²) in [5.74, 6) is -1.03. The fourth-order valence-electron chi connectivity index (χ4n) is 2.37. The number of aromatic carboxylic acids is 1. The van der Waals surface area contributed by atoms with E-state index in [0.29, 0.717) is 16.9 Å². The summed E-state index contributed by atoms with van der Waals surface area (Å²) in [6.45, 7) is 5.20. The molecule has 0 saturated carbocycles. The van der Waals surface area contributed by atoms with Crippen molar-refractivity contribution in [2.75, 3.05) is 0 Å². The smallest absolute Gasteiger partial charge is 0.337 e. The molecule has 0 aliphatic rings. The van der Waals surface area contributed by atoms with Crippen molar-refractivity contribution < 1.29 is 9.90 Å². The van der Waals surface area contributed by atoms with Gasteiger partial charge in [0.1, 0.15) is 0 Å². The number of pyridine rings is 1. The number of carboxylic acids is 1. The van der Waals surface area contributed by atoms with E-state index in [1.54, 1.807) is 19.9 Å². The second kappa shape index (κ2) is 5.25. The maximum Gasteiger partial charge on any atom is 0.337 e. The Bertz CT molecular complexity index is 742. The molecular formula is C15H14BrNO3. The monoisotopic (exact) mass is 335 g/mol. The lowest BCUT2D eigenvalue weighted by Gasteiger charge is -2.15. The molecule has 0 aliphatic heterocycles. The van der Waals surface area contributed by atoms with Crippen molar-refractivity contribution in [1.29, 1.82) is 0 Å². The number of aromatic nitrogens is 1. The normalized spacial score (nSPS) is 10.6. The fraction of sp³-hybridized carbons (Fsp3) is 0.200. The minimum Gasteiger partial charge on any atom is -0.478 e. The number of halogens is 1. The molecule has 0 unspecified atom stereocenters. The van der Waals surface area contributed by atoms with Crippen molar-refractivity contribution in [1.82, 2.24) is 4.57 Å². The van der Waals surface area contributed by atoms with Crippen LogP contribution in [0.1, 0.15) is 27.2 Å². The predicted octanol–water partition coefficient (Wildman–Crippen LogP) is 3.22. The van der Waals surface area contributed by atoms with Crippen LogP contribution in [0.4, 0.5) is 0 Å². The Morgan fingerprint density at radius 1 is 1.15 bits per heavy atom. The number of rotatable bonds is 2. The van der Waals surface area contributed by atoms with Crippen LogP contribution in [0, 0.1) is 20.8 Å². The van der Waals surface area contributed by atoms with Crippen molar-refractivity contribution in [2.24, 2.45) is 0 Å². The molecule has 0 saturated heterocycles. The molecular weight excluding hydrogens is 322 g/mol. The van der Waals surface area contributed by atoms with E-state index in [0.717, 1.165) is 10.0 Å². The molecule has 2 aromatic rings. The van der Waals surface area contributed by atoms with Crippen molar-refractivity contribution >= 4 is 21.9 Å². The molecule has 1 N–H and O–H groups in total. The number of benzene rings is 1. The van der Waals surface area contributed by atoms with Crippen LogP contribution in [0.3, 0.4) is 0 Å². The van der Waals surface area contributed by atoms with Gasteiger partial charge in [0.05, 0.1) is 11.3 Å². The van der Waals surface area contributed by atoms with E-state index in [1.807, 2.05) is 19.1 Å². The fourth-order valence-corrected chi connectivity index (χ4v) is 2.97. The Morgan fingerprint density at radius 3 is 2.35 bits per heavy atom. The molecule has 5 heteroatoms. The Balaban J connectivity index is 2.84. The molecule has 1 aromatic heterocycles. The van der Waals surface area contributed by atoms with Crippen molar-refractivity contribution in [3.05, 3.63) is 61.5 Å². The standard InChI is InChI=1S/C15H14BrNO3/c1-8-4-11(16)7-12(5-8)17-10(3)14(15(19)20)9(2)6-13(17)18/h4-7H,1-3H3,(H,19,20). The summed E-state index contributed by atoms with van der Waals surface area (Å²) in [5.41, 5.74) is 2.48. The van der Waals surface area contributed by atoms with Crippen LogP contribution in [0.15, 0.2) is 33.5 Å². The molecule has 2 rings (SSSR count). The van der Waals surface area contributed by atoms with E-state index >= 15 is 0 Å². The molecule has 1 aromatic carbocycles. The molecule has 0 atom stereocenters. The van der Waals surface area contributed by atoms with Gasteiger partial charge in [0.2, 0.25) is 0 Å². The second-order valence-electron chi connectivity index (χ2n) is 4.75. The molecule has 0 radical (unpaired) electrons. The second-order valence-corrected chi connectivity index (χ2v) is 5.67. The van der Waals surface area contributed by atoms with E-state index in [4.69, 9.17) is 0 Å². The summed E-state index contributed by atoms with van der Waals surface area (Å²) in [5, 5.41) is 9.29. The first-order valence-corrected chi connectivity index (χ1v) is 6.84. The highest BCUT2D eigenvalue weighted by molar-refractivity contribution is 9.10. The largest absolute Gasteiger partial charge is 0.478 e. The summed E-state index contributed by atoms with van der Waals surface area (Å²) in [6.07, 6.45) is 0. The summed E-state index contributed by atoms with van der Waals surface area (Å²) in [6, 6.07) is 6.92. The summed E-state index contributed by atoms with van der Waals surface area (Å²) < 4.78 is 2.27. The third-order valence-corrected chi connectivity index (χ3v) is 3.61. The number of nitrogens with zero attached hydrogens (tertiary/aromatic N) is 1. The molecule has 0 spiro atoms. The van der Waals surface area contributed by atoms with Gasteiger partial charge >= 0.3 is 5.97 Å². The van der Waals surface area contributed by atoms with Crippen LogP contribution in [-0.4, -0.2) is 15.6 Å². The van der Waals surface area contributed by atoms with E-state index < -0.39 is 5.97 Å². The van der Waals surface area contributed by atoms with Crippen molar-refractivity contribution in [2.45, 2.75) is 20.8 Å². The highest BCUT2D eigenvalue weighted by Crippen LogP contribution is 2.20. The minimum absolute atomic E-state index is 0.169. The van der Waals surface area contributed by atoms with Gasteiger partial charge in [0.15, 0.2) is 0 Å². The van der Waals surface area contributed by atoms with E-state index in [-0.39, 0.29) is 11.1 Å². The van der Waals surface area contributed by atoms with Crippen LogP contribution >= 0.6 is 15.9 Å². The van der Waals surface area contributed by atoms with Gasteiger partial charge < -0.3 is 5.11 Å². The highest BCUT2D eigenvalue weighted by Gasteiger charge is 2.17. The van der Waals surface area contributed by atoms with Crippen molar-refractivity contribution in [3.8, 4) is 5.69 Å². The van der Waals surface area contributed by atoms with Crippen LogP contribution in [-0.2, 0) is 0 Å². The topological polar surface area (TPSA) is 59.3 Å². The lowest BCUT2D eigenvalue weighted by Crippen LogP contribution is -2.24. The van der Waals surface area contributed by atoms with Gasteiger partial charge in [0, 0.05) is 16.2 Å². The maximum atomic E-state index is 12.2. The zero-order valence-electron chi connectivity index (χ0n) is 11.4. The highest BCUT2D eigenvalue weighted by atomic mass is 79.9. The molecule has 1 heterocycles. The minimum atomic E-state index is -1.03. The lowest BCUT2D eigenvalue weighted by molar-refractivity contribution is 0.0694. The number of hydrogen-bond donors (Lipinski definition) is 1. The first-order valence-electron chi connectivity index (χ1n) is 6.05. The molecule has 0 aliphatic carbocycles. The Kier molecular flexibility index (Phi) is 3.81. The van der Waals surface area contributed by atoms with Gasteiger partial charge in [-0.1, -0.05) is 15.9 Å². The predicted molar refractivity (Wildman–Crippen MR) is 80.9 cm³/mol. The number of hydrogen-bond acceptors (Lipinski definition) is 2. The van der Waals surface area contributed by atoms with Gasteiger partial charge in [0.25, 0.3) is 5.56 Å². The number of aryl methyl sites for hydroxylation is 2. The molecule has 0 fully saturated rings. The number of carbonyl (C=O) groups is 1. The first-order chi connectivity index (χ1) is 9.31. The Labute approximate surface area is 124 Å². The van der Waals surface area contributed by atoms with Gasteiger partial charge in [-0.3, -0.25) is 9.36 Å². The third-order valence-electron chi connectivity index (χ3n) is 3.15. The van der Waals surface area contributed by atoms with Gasteiger partial charge in [-0.2, -0.15) is 0 Å². The number of carboxylic acid groups (broad SMARTS) is 1. The Morgan fingerprint density at radius 2 is 1.80 bits per heavy atom.